The van der Waals surface area contributed by atoms with Crippen molar-refractivity contribution in [3.8, 4) is 0 Å². The molecule has 2 amide bonds. The van der Waals surface area contributed by atoms with Crippen LogP contribution in [-0.2, 0) is 14.3 Å². The normalized spacial score (nSPS) is 16.7. The highest BCUT2D eigenvalue weighted by atomic mass is 79.9. The van der Waals surface area contributed by atoms with Gasteiger partial charge in [0.2, 0.25) is 5.91 Å². The Morgan fingerprint density at radius 1 is 1.44 bits per heavy atom. The maximum Gasteiger partial charge on any atom is 0.308 e. The van der Waals surface area contributed by atoms with Gasteiger partial charge in [0.05, 0.1) is 12.5 Å². The van der Waals surface area contributed by atoms with Gasteiger partial charge in [-0.1, -0.05) is 22.0 Å². The first-order chi connectivity index (χ1) is 12.7. The Morgan fingerprint density at radius 2 is 2.15 bits per heavy atom. The molecule has 7 nitrogen and oxygen atoms in total. The Labute approximate surface area is 171 Å². The number of benzene rings is 1. The molecule has 0 aliphatic carbocycles. The van der Waals surface area contributed by atoms with E-state index in [-0.39, 0.29) is 29.5 Å². The molecular formula is C18H22BrN3O4S. The average Bonchev–Trinajstić information content (AvgIpc) is 2.58. The van der Waals surface area contributed by atoms with Crippen molar-refractivity contribution >= 4 is 51.0 Å². The van der Waals surface area contributed by atoms with Gasteiger partial charge in [-0.2, -0.15) is 0 Å². The van der Waals surface area contributed by atoms with E-state index in [1.807, 2.05) is 13.0 Å². The molecule has 0 aromatic heterocycles. The van der Waals surface area contributed by atoms with Crippen LogP contribution >= 0.6 is 28.1 Å². The zero-order valence-electron chi connectivity index (χ0n) is 15.4. The Kier molecular flexibility index (Phi) is 7.32. The van der Waals surface area contributed by atoms with Gasteiger partial charge < -0.3 is 15.0 Å². The summed E-state index contributed by atoms with van der Waals surface area (Å²) < 4.78 is 5.94. The molecule has 146 valence electrons. The number of carbonyl (C=O) groups is 3. The van der Waals surface area contributed by atoms with Crippen LogP contribution in [0, 0.1) is 6.92 Å². The number of hydrogen-bond donors (Lipinski definition) is 2. The van der Waals surface area contributed by atoms with Crippen LogP contribution in [0.1, 0.15) is 36.2 Å². The fourth-order valence-corrected chi connectivity index (χ4v) is 3.29. The van der Waals surface area contributed by atoms with Crippen molar-refractivity contribution < 1.29 is 19.1 Å². The molecule has 0 radical (unpaired) electrons. The number of ether oxygens (including phenoxy) is 1. The number of nitrogens with one attached hydrogen (secondary N) is 2. The highest BCUT2D eigenvalue weighted by Gasteiger charge is 2.34. The molecule has 1 aromatic carbocycles. The Balaban J connectivity index is 2.09. The minimum absolute atomic E-state index is 0.105. The first-order valence-corrected chi connectivity index (χ1v) is 9.74. The first-order valence-electron chi connectivity index (χ1n) is 8.54. The van der Waals surface area contributed by atoms with E-state index < -0.39 is 12.0 Å². The van der Waals surface area contributed by atoms with Gasteiger partial charge in [0.1, 0.15) is 6.04 Å². The fraction of sp³-hybridized carbons (Fsp3) is 0.444. The Bertz CT molecular complexity index is 769. The maximum atomic E-state index is 12.5. The van der Waals surface area contributed by atoms with Gasteiger partial charge in [0, 0.05) is 23.1 Å². The first kappa shape index (κ1) is 21.3. The standard InChI is InChI=1S/C18H22BrN3O4S/c1-10(2)26-15(23)9-14-17(25)20-6-7-22(14)18(27)21-16(24)12-5-4-11(3)13(19)8-12/h4-5,8,10,14H,6-7,9H2,1-3H3,(H,20,25)(H,21,24,27). The lowest BCUT2D eigenvalue weighted by atomic mass is 10.1. The fourth-order valence-electron chi connectivity index (χ4n) is 2.60. The van der Waals surface area contributed by atoms with E-state index in [0.29, 0.717) is 18.7 Å². The monoisotopic (exact) mass is 455 g/mol. The number of piperazine rings is 1. The van der Waals surface area contributed by atoms with Crippen molar-refractivity contribution in [2.24, 2.45) is 0 Å². The summed E-state index contributed by atoms with van der Waals surface area (Å²) >= 11 is 8.72. The zero-order chi connectivity index (χ0) is 20.1. The lowest BCUT2D eigenvalue weighted by molar-refractivity contribution is -0.150. The summed E-state index contributed by atoms with van der Waals surface area (Å²) in [6, 6.07) is 4.40. The third-order valence-electron chi connectivity index (χ3n) is 3.97. The smallest absolute Gasteiger partial charge is 0.308 e. The third kappa shape index (κ3) is 5.74. The molecule has 1 atom stereocenters. The van der Waals surface area contributed by atoms with E-state index >= 15 is 0 Å². The van der Waals surface area contributed by atoms with E-state index in [0.717, 1.165) is 10.0 Å². The molecule has 0 saturated carbocycles. The summed E-state index contributed by atoms with van der Waals surface area (Å²) in [6.45, 7) is 6.16. The molecule has 1 aliphatic rings. The second-order valence-electron chi connectivity index (χ2n) is 6.47. The van der Waals surface area contributed by atoms with Gasteiger partial charge in [-0.05, 0) is 50.7 Å². The highest BCUT2D eigenvalue weighted by Crippen LogP contribution is 2.18. The van der Waals surface area contributed by atoms with Crippen LogP contribution in [0.2, 0.25) is 0 Å². The molecular weight excluding hydrogens is 434 g/mol. The Hall–Kier alpha value is -2.00. The van der Waals surface area contributed by atoms with Crippen LogP contribution in [0.4, 0.5) is 0 Å². The highest BCUT2D eigenvalue weighted by molar-refractivity contribution is 9.10. The number of thiocarbonyl (C=S) groups is 1. The van der Waals surface area contributed by atoms with Crippen molar-refractivity contribution in [2.45, 2.75) is 39.3 Å². The predicted molar refractivity (Wildman–Crippen MR) is 108 cm³/mol. The van der Waals surface area contributed by atoms with Gasteiger partial charge in [-0.3, -0.25) is 19.7 Å². The molecule has 0 bridgehead atoms. The summed E-state index contributed by atoms with van der Waals surface area (Å²) in [7, 11) is 0. The lowest BCUT2D eigenvalue weighted by Crippen LogP contribution is -2.60. The summed E-state index contributed by atoms with van der Waals surface area (Å²) in [5.41, 5.74) is 1.44. The van der Waals surface area contributed by atoms with Crippen LogP contribution in [0.3, 0.4) is 0 Å². The van der Waals surface area contributed by atoms with Gasteiger partial charge >= 0.3 is 5.97 Å². The zero-order valence-corrected chi connectivity index (χ0v) is 17.8. The van der Waals surface area contributed by atoms with Crippen molar-refractivity contribution in [1.29, 1.82) is 0 Å². The van der Waals surface area contributed by atoms with E-state index in [2.05, 4.69) is 26.6 Å². The quantitative estimate of drug-likeness (QED) is 0.532. The van der Waals surface area contributed by atoms with Crippen molar-refractivity contribution in [2.75, 3.05) is 13.1 Å². The predicted octanol–water partition coefficient (Wildman–Crippen LogP) is 1.91. The number of esters is 1. The van der Waals surface area contributed by atoms with E-state index in [1.165, 1.54) is 0 Å². The number of rotatable bonds is 4. The summed E-state index contributed by atoms with van der Waals surface area (Å²) in [6.07, 6.45) is -0.417. The number of halogens is 1. The van der Waals surface area contributed by atoms with Gasteiger partial charge in [-0.25, -0.2) is 0 Å². The summed E-state index contributed by atoms with van der Waals surface area (Å²) in [5, 5.41) is 5.46. The van der Waals surface area contributed by atoms with Crippen LogP contribution < -0.4 is 10.6 Å². The number of nitrogens with zero attached hydrogens (tertiary/aromatic N) is 1. The van der Waals surface area contributed by atoms with Crippen LogP contribution in [-0.4, -0.2) is 53.0 Å². The van der Waals surface area contributed by atoms with Gasteiger partial charge in [-0.15, -0.1) is 0 Å². The molecule has 9 heteroatoms. The van der Waals surface area contributed by atoms with E-state index in [4.69, 9.17) is 17.0 Å². The summed E-state index contributed by atoms with van der Waals surface area (Å²) in [4.78, 5) is 38.2. The topological polar surface area (TPSA) is 87.7 Å². The molecule has 0 spiro atoms. The Morgan fingerprint density at radius 3 is 2.78 bits per heavy atom. The van der Waals surface area contributed by atoms with Crippen LogP contribution in [0.25, 0.3) is 0 Å². The lowest BCUT2D eigenvalue weighted by Gasteiger charge is -2.36. The van der Waals surface area contributed by atoms with E-state index in [1.54, 1.807) is 30.9 Å². The molecule has 2 N–H and O–H groups in total. The maximum absolute atomic E-state index is 12.5. The number of aryl methyl sites for hydroxylation is 1. The number of amides is 2. The molecule has 2 rings (SSSR count). The second-order valence-corrected chi connectivity index (χ2v) is 7.71. The third-order valence-corrected chi connectivity index (χ3v) is 5.16. The van der Waals surface area contributed by atoms with Crippen LogP contribution in [0.5, 0.6) is 0 Å². The van der Waals surface area contributed by atoms with Crippen LogP contribution in [0.15, 0.2) is 22.7 Å². The minimum Gasteiger partial charge on any atom is -0.463 e. The number of carbonyl (C=O) groups excluding carboxylic acids is 3. The summed E-state index contributed by atoms with van der Waals surface area (Å²) in [5.74, 6) is -1.19. The largest absolute Gasteiger partial charge is 0.463 e. The molecule has 1 aliphatic heterocycles. The second kappa shape index (κ2) is 9.27. The van der Waals surface area contributed by atoms with Gasteiger partial charge in [0.25, 0.3) is 5.91 Å². The SMILES string of the molecule is Cc1ccc(C(=O)NC(=S)N2CCNC(=O)C2CC(=O)OC(C)C)cc1Br. The minimum atomic E-state index is -0.817. The molecule has 1 saturated heterocycles. The van der Waals surface area contributed by atoms with E-state index in [9.17, 15) is 14.4 Å². The molecule has 1 fully saturated rings. The van der Waals surface area contributed by atoms with Crippen molar-refractivity contribution in [3.05, 3.63) is 33.8 Å². The molecule has 1 heterocycles. The number of hydrogen-bond acceptors (Lipinski definition) is 5. The average molecular weight is 456 g/mol. The van der Waals surface area contributed by atoms with Gasteiger partial charge in [0.15, 0.2) is 5.11 Å². The van der Waals surface area contributed by atoms with Crippen molar-refractivity contribution in [3.63, 3.8) is 0 Å². The molecule has 1 unspecified atom stereocenters. The molecule has 27 heavy (non-hydrogen) atoms. The van der Waals surface area contributed by atoms with Crippen molar-refractivity contribution in [1.82, 2.24) is 15.5 Å². The molecule has 1 aromatic rings.